The van der Waals surface area contributed by atoms with Crippen molar-refractivity contribution in [3.63, 3.8) is 0 Å². The van der Waals surface area contributed by atoms with E-state index in [9.17, 15) is 0 Å². The highest BCUT2D eigenvalue weighted by Gasteiger charge is 2.18. The molecule has 2 heteroatoms. The largest absolute Gasteiger partial charge is 0.314 e. The lowest BCUT2D eigenvalue weighted by Crippen LogP contribution is -2.40. The maximum atomic E-state index is 3.47. The molecule has 0 bridgehead atoms. The molecule has 0 amide bonds. The highest BCUT2D eigenvalue weighted by Crippen LogP contribution is 2.17. The zero-order chi connectivity index (χ0) is 12.1. The van der Waals surface area contributed by atoms with Crippen molar-refractivity contribution < 1.29 is 0 Å². The van der Waals surface area contributed by atoms with Crippen molar-refractivity contribution >= 4 is 0 Å². The fraction of sp³-hybridized carbons (Fsp3) is 1.00. The lowest BCUT2D eigenvalue weighted by Gasteiger charge is -2.32. The molecule has 0 saturated carbocycles. The van der Waals surface area contributed by atoms with Gasteiger partial charge in [-0.1, -0.05) is 27.7 Å². The SMILES string of the molecule is CCNC(C)CC(C)N(C)CC(C)(C)C. The summed E-state index contributed by atoms with van der Waals surface area (Å²) in [6.45, 7) is 15.9. The van der Waals surface area contributed by atoms with Crippen LogP contribution in [0.4, 0.5) is 0 Å². The number of nitrogens with zero attached hydrogens (tertiary/aromatic N) is 1. The van der Waals surface area contributed by atoms with E-state index >= 15 is 0 Å². The number of hydrogen-bond donors (Lipinski definition) is 1. The van der Waals surface area contributed by atoms with Gasteiger partial charge in [0, 0.05) is 18.6 Å². The maximum Gasteiger partial charge on any atom is 0.00788 e. The molecule has 0 aliphatic heterocycles. The minimum Gasteiger partial charge on any atom is -0.314 e. The predicted octanol–water partition coefficient (Wildman–Crippen LogP) is 2.74. The molecule has 2 nitrogen and oxygen atoms in total. The van der Waals surface area contributed by atoms with E-state index in [1.807, 2.05) is 0 Å². The van der Waals surface area contributed by atoms with Gasteiger partial charge >= 0.3 is 0 Å². The van der Waals surface area contributed by atoms with Crippen LogP contribution in [-0.4, -0.2) is 37.1 Å². The first-order valence-corrected chi connectivity index (χ1v) is 6.20. The molecule has 92 valence electrons. The summed E-state index contributed by atoms with van der Waals surface area (Å²) >= 11 is 0. The molecule has 0 aliphatic rings. The summed E-state index contributed by atoms with van der Waals surface area (Å²) in [7, 11) is 2.23. The first kappa shape index (κ1) is 14.9. The second-order valence-electron chi connectivity index (χ2n) is 6.02. The van der Waals surface area contributed by atoms with Gasteiger partial charge in [0.05, 0.1) is 0 Å². The summed E-state index contributed by atoms with van der Waals surface area (Å²) in [5.74, 6) is 0. The van der Waals surface area contributed by atoms with E-state index in [4.69, 9.17) is 0 Å². The average Bonchev–Trinajstić information content (AvgIpc) is 2.00. The van der Waals surface area contributed by atoms with Crippen LogP contribution >= 0.6 is 0 Å². The smallest absolute Gasteiger partial charge is 0.00788 e. The van der Waals surface area contributed by atoms with Gasteiger partial charge in [-0.2, -0.15) is 0 Å². The Morgan fingerprint density at radius 1 is 1.20 bits per heavy atom. The Morgan fingerprint density at radius 2 is 1.73 bits per heavy atom. The van der Waals surface area contributed by atoms with Crippen molar-refractivity contribution in [1.82, 2.24) is 10.2 Å². The predicted molar refractivity (Wildman–Crippen MR) is 69.3 cm³/mol. The Kier molecular flexibility index (Phi) is 6.46. The van der Waals surface area contributed by atoms with Crippen LogP contribution in [0.1, 0.15) is 48.0 Å². The zero-order valence-corrected chi connectivity index (χ0v) is 11.7. The van der Waals surface area contributed by atoms with Gasteiger partial charge in [-0.05, 0) is 39.3 Å². The molecule has 0 rings (SSSR count). The molecule has 0 fully saturated rings. The Bertz CT molecular complexity index is 160. The van der Waals surface area contributed by atoms with Gasteiger partial charge in [0.1, 0.15) is 0 Å². The molecule has 15 heavy (non-hydrogen) atoms. The van der Waals surface area contributed by atoms with E-state index in [0.717, 1.165) is 13.1 Å². The van der Waals surface area contributed by atoms with Gasteiger partial charge < -0.3 is 10.2 Å². The molecular formula is C13H30N2. The molecule has 2 atom stereocenters. The van der Waals surface area contributed by atoms with E-state index in [0.29, 0.717) is 17.5 Å². The van der Waals surface area contributed by atoms with E-state index in [1.54, 1.807) is 0 Å². The normalized spacial score (nSPS) is 16.8. The number of hydrogen-bond acceptors (Lipinski definition) is 2. The summed E-state index contributed by atoms with van der Waals surface area (Å²) < 4.78 is 0. The molecule has 2 unspecified atom stereocenters. The molecule has 0 aromatic rings. The third-order valence-corrected chi connectivity index (χ3v) is 2.72. The summed E-state index contributed by atoms with van der Waals surface area (Å²) in [6.07, 6.45) is 1.22. The Morgan fingerprint density at radius 3 is 2.13 bits per heavy atom. The van der Waals surface area contributed by atoms with Crippen molar-refractivity contribution in [2.75, 3.05) is 20.1 Å². The van der Waals surface area contributed by atoms with Crippen molar-refractivity contribution in [3.05, 3.63) is 0 Å². The second-order valence-corrected chi connectivity index (χ2v) is 6.02. The fourth-order valence-corrected chi connectivity index (χ4v) is 2.03. The second kappa shape index (κ2) is 6.49. The van der Waals surface area contributed by atoms with Gasteiger partial charge in [0.2, 0.25) is 0 Å². The van der Waals surface area contributed by atoms with E-state index in [-0.39, 0.29) is 0 Å². The highest BCUT2D eigenvalue weighted by molar-refractivity contribution is 4.74. The van der Waals surface area contributed by atoms with Gasteiger partial charge in [0.15, 0.2) is 0 Å². The average molecular weight is 214 g/mol. The summed E-state index contributed by atoms with van der Waals surface area (Å²) in [6, 6.07) is 1.27. The lowest BCUT2D eigenvalue weighted by molar-refractivity contribution is 0.167. The fourth-order valence-electron chi connectivity index (χ4n) is 2.03. The molecule has 0 aliphatic carbocycles. The van der Waals surface area contributed by atoms with Crippen molar-refractivity contribution in [1.29, 1.82) is 0 Å². The Hall–Kier alpha value is -0.0800. The molecule has 0 saturated heterocycles. The molecule has 1 N–H and O–H groups in total. The maximum absolute atomic E-state index is 3.47. The van der Waals surface area contributed by atoms with Crippen molar-refractivity contribution in [2.24, 2.45) is 5.41 Å². The van der Waals surface area contributed by atoms with Crippen molar-refractivity contribution in [2.45, 2.75) is 60.0 Å². The van der Waals surface area contributed by atoms with Gasteiger partial charge in [-0.3, -0.25) is 0 Å². The van der Waals surface area contributed by atoms with Crippen LogP contribution in [0.15, 0.2) is 0 Å². The zero-order valence-electron chi connectivity index (χ0n) is 11.7. The van der Waals surface area contributed by atoms with Crippen molar-refractivity contribution in [3.8, 4) is 0 Å². The van der Waals surface area contributed by atoms with Crippen LogP contribution in [0.2, 0.25) is 0 Å². The standard InChI is InChI=1S/C13H30N2/c1-8-14-11(2)9-12(3)15(7)10-13(4,5)6/h11-12,14H,8-10H2,1-7H3. The minimum absolute atomic E-state index is 0.393. The number of rotatable bonds is 6. The van der Waals surface area contributed by atoms with Crippen LogP contribution in [0.3, 0.4) is 0 Å². The molecule has 0 radical (unpaired) electrons. The third kappa shape index (κ3) is 7.80. The van der Waals surface area contributed by atoms with Crippen LogP contribution in [-0.2, 0) is 0 Å². The molecule has 0 heterocycles. The van der Waals surface area contributed by atoms with Crippen LogP contribution in [0.25, 0.3) is 0 Å². The van der Waals surface area contributed by atoms with E-state index in [1.165, 1.54) is 6.42 Å². The Balaban J connectivity index is 3.93. The number of nitrogens with one attached hydrogen (secondary N) is 1. The van der Waals surface area contributed by atoms with Gasteiger partial charge in [-0.25, -0.2) is 0 Å². The summed E-state index contributed by atoms with van der Waals surface area (Å²) in [5, 5.41) is 3.47. The quantitative estimate of drug-likeness (QED) is 0.731. The van der Waals surface area contributed by atoms with Gasteiger partial charge in [-0.15, -0.1) is 0 Å². The summed E-state index contributed by atoms with van der Waals surface area (Å²) in [5.41, 5.74) is 0.393. The molecule has 0 aromatic heterocycles. The lowest BCUT2D eigenvalue weighted by atomic mass is 9.95. The highest BCUT2D eigenvalue weighted by atomic mass is 15.1. The van der Waals surface area contributed by atoms with Crippen LogP contribution in [0, 0.1) is 5.41 Å². The van der Waals surface area contributed by atoms with E-state index < -0.39 is 0 Å². The minimum atomic E-state index is 0.393. The van der Waals surface area contributed by atoms with Gasteiger partial charge in [0.25, 0.3) is 0 Å². The third-order valence-electron chi connectivity index (χ3n) is 2.72. The molecular weight excluding hydrogens is 184 g/mol. The van der Waals surface area contributed by atoms with Crippen LogP contribution < -0.4 is 5.32 Å². The molecule has 0 spiro atoms. The first-order chi connectivity index (χ1) is 6.76. The Labute approximate surface area is 96.4 Å². The first-order valence-electron chi connectivity index (χ1n) is 6.20. The van der Waals surface area contributed by atoms with Crippen LogP contribution in [0.5, 0.6) is 0 Å². The molecule has 0 aromatic carbocycles. The van der Waals surface area contributed by atoms with E-state index in [2.05, 4.69) is 58.8 Å². The topological polar surface area (TPSA) is 15.3 Å². The monoisotopic (exact) mass is 214 g/mol. The summed E-state index contributed by atoms with van der Waals surface area (Å²) in [4.78, 5) is 2.47.